The number of carbonyl (C=O) groups excluding carboxylic acids is 1. The summed E-state index contributed by atoms with van der Waals surface area (Å²) < 4.78 is 5.34. The molecule has 1 aliphatic rings. The number of Topliss-reactive ketones (excluding diaryl/α,β-unsaturated/α-hetero) is 1. The predicted octanol–water partition coefficient (Wildman–Crippen LogP) is -0.289. The van der Waals surface area contributed by atoms with Crippen LogP contribution in [0.5, 0.6) is 0 Å². The second kappa shape index (κ2) is 7.50. The van der Waals surface area contributed by atoms with Crippen LogP contribution < -0.4 is 11.5 Å². The van der Waals surface area contributed by atoms with Gasteiger partial charge in [-0.1, -0.05) is 43.2 Å². The second-order valence-electron chi connectivity index (χ2n) is 6.47. The van der Waals surface area contributed by atoms with Crippen molar-refractivity contribution in [3.8, 4) is 0 Å². The minimum atomic E-state index is -3.33. The van der Waals surface area contributed by atoms with E-state index in [1.54, 1.807) is 6.07 Å². The quantitative estimate of drug-likeness (QED) is 0.247. The Labute approximate surface area is 149 Å². The number of rotatable bonds is 7. The molecule has 26 heavy (non-hydrogen) atoms. The molecule has 0 amide bonds. The lowest BCUT2D eigenvalue weighted by atomic mass is 9.84. The Balaban J connectivity index is 2.41. The molecule has 0 bridgehead atoms. The highest BCUT2D eigenvalue weighted by Gasteiger charge is 2.57. The van der Waals surface area contributed by atoms with E-state index in [0.29, 0.717) is 19.3 Å². The fourth-order valence-corrected chi connectivity index (χ4v) is 3.02. The molecule has 7 N–H and O–H groups in total. The summed E-state index contributed by atoms with van der Waals surface area (Å²) in [6.45, 7) is 0. The molecule has 0 saturated heterocycles. The fraction of sp³-hybridized carbons (Fsp3) is 0.471. The number of hydrogen-bond acceptors (Lipinski definition) is 7. The molecule has 0 radical (unpaired) electrons. The average molecular weight is 366 g/mol. The van der Waals surface area contributed by atoms with E-state index in [0.717, 1.165) is 0 Å². The summed E-state index contributed by atoms with van der Waals surface area (Å²) in [5.41, 5.74) is 6.96. The van der Waals surface area contributed by atoms with Gasteiger partial charge in [-0.25, -0.2) is 9.59 Å². The molecule has 1 aliphatic carbocycles. The van der Waals surface area contributed by atoms with Crippen LogP contribution in [-0.4, -0.2) is 56.5 Å². The third kappa shape index (κ3) is 3.75. The monoisotopic (exact) mass is 366 g/mol. The van der Waals surface area contributed by atoms with Gasteiger partial charge in [0.1, 0.15) is 0 Å². The normalized spacial score (nSPS) is 22.8. The summed E-state index contributed by atoms with van der Waals surface area (Å²) in [5, 5.41) is 29.5. The van der Waals surface area contributed by atoms with Crippen molar-refractivity contribution in [2.75, 3.05) is 0 Å². The molecule has 1 saturated carbocycles. The summed E-state index contributed by atoms with van der Waals surface area (Å²) >= 11 is 0. The van der Waals surface area contributed by atoms with Crippen molar-refractivity contribution in [1.82, 2.24) is 0 Å². The molecule has 3 atom stereocenters. The van der Waals surface area contributed by atoms with Gasteiger partial charge < -0.3 is 31.5 Å². The van der Waals surface area contributed by atoms with Crippen LogP contribution in [0.3, 0.4) is 0 Å². The van der Waals surface area contributed by atoms with Gasteiger partial charge in [0.25, 0.3) is 5.60 Å². The van der Waals surface area contributed by atoms with Gasteiger partial charge in [-0.3, -0.25) is 4.79 Å². The zero-order chi connectivity index (χ0) is 19.5. The summed E-state index contributed by atoms with van der Waals surface area (Å²) in [7, 11) is 0. The van der Waals surface area contributed by atoms with E-state index in [-0.39, 0.29) is 12.0 Å². The van der Waals surface area contributed by atoms with Gasteiger partial charge in [-0.05, 0) is 12.8 Å². The van der Waals surface area contributed by atoms with Crippen LogP contribution in [0.4, 0.5) is 0 Å². The molecular formula is C17H22N2O7. The highest BCUT2D eigenvalue weighted by Crippen LogP contribution is 2.30. The number of carboxylic acids is 2. The van der Waals surface area contributed by atoms with Crippen molar-refractivity contribution < 1.29 is 34.4 Å². The Morgan fingerprint density at radius 1 is 1.15 bits per heavy atom. The van der Waals surface area contributed by atoms with Gasteiger partial charge in [0.2, 0.25) is 11.9 Å². The lowest BCUT2D eigenvalue weighted by Crippen LogP contribution is -2.66. The van der Waals surface area contributed by atoms with E-state index in [1.807, 2.05) is 0 Å². The summed E-state index contributed by atoms with van der Waals surface area (Å²) in [6.07, 6.45) is -1.43. The van der Waals surface area contributed by atoms with Crippen molar-refractivity contribution >= 4 is 17.7 Å². The molecule has 3 unspecified atom stereocenters. The first-order valence-electron chi connectivity index (χ1n) is 8.12. The van der Waals surface area contributed by atoms with E-state index < -0.39 is 41.2 Å². The Morgan fingerprint density at radius 3 is 2.27 bits per heavy atom. The average Bonchev–Trinajstić information content (AvgIpc) is 2.59. The molecule has 1 aromatic rings. The Kier molecular flexibility index (Phi) is 5.77. The highest BCUT2D eigenvalue weighted by atomic mass is 16.5. The van der Waals surface area contributed by atoms with Crippen LogP contribution in [0, 0.1) is 0 Å². The van der Waals surface area contributed by atoms with Crippen molar-refractivity contribution in [2.45, 2.75) is 49.2 Å². The third-order valence-electron chi connectivity index (χ3n) is 4.54. The first kappa shape index (κ1) is 20.0. The van der Waals surface area contributed by atoms with Crippen LogP contribution in [0.15, 0.2) is 30.3 Å². The zero-order valence-electron chi connectivity index (χ0n) is 14.0. The van der Waals surface area contributed by atoms with Gasteiger partial charge in [0.05, 0.1) is 11.8 Å². The maximum Gasteiger partial charge on any atom is 0.347 e. The number of hydrogen-bond donors (Lipinski definition) is 5. The first-order valence-corrected chi connectivity index (χ1v) is 8.12. The highest BCUT2D eigenvalue weighted by molar-refractivity contribution is 6.17. The van der Waals surface area contributed by atoms with Crippen LogP contribution in [0.25, 0.3) is 0 Å². The van der Waals surface area contributed by atoms with Gasteiger partial charge >= 0.3 is 11.9 Å². The molecule has 0 aliphatic heterocycles. The summed E-state index contributed by atoms with van der Waals surface area (Å²) in [4.78, 5) is 36.0. The number of aliphatic hydroxyl groups is 1. The van der Waals surface area contributed by atoms with E-state index in [1.165, 1.54) is 24.3 Å². The zero-order valence-corrected chi connectivity index (χ0v) is 14.0. The maximum atomic E-state index is 12.6. The minimum absolute atomic E-state index is 0.164. The second-order valence-corrected chi connectivity index (χ2v) is 6.47. The molecule has 1 aromatic carbocycles. The van der Waals surface area contributed by atoms with Gasteiger partial charge in [0.15, 0.2) is 0 Å². The standard InChI is InChI=1S/C17H22N2O7/c18-16(19)9-5-4-8-11(16)26-13(14(21)22)17(25,15(23)24)12(20)10-6-2-1-3-7-10/h1-3,6-7,11,13,25H,4-5,8-9,18-19H2,(H,21,22)(H,23,24). The van der Waals surface area contributed by atoms with Crippen LogP contribution in [0.2, 0.25) is 0 Å². The van der Waals surface area contributed by atoms with Crippen molar-refractivity contribution in [2.24, 2.45) is 11.5 Å². The van der Waals surface area contributed by atoms with Gasteiger partial charge in [0, 0.05) is 5.56 Å². The van der Waals surface area contributed by atoms with Gasteiger partial charge in [-0.2, -0.15) is 0 Å². The maximum absolute atomic E-state index is 12.6. The molecule has 9 heteroatoms. The largest absolute Gasteiger partial charge is 0.479 e. The smallest absolute Gasteiger partial charge is 0.347 e. The SMILES string of the molecule is NC1(N)CCCCC1OC(C(=O)O)C(O)(C(=O)O)C(=O)c1ccccc1. The summed E-state index contributed by atoms with van der Waals surface area (Å²) in [5.74, 6) is -5.14. The predicted molar refractivity (Wildman–Crippen MR) is 89.2 cm³/mol. The fourth-order valence-electron chi connectivity index (χ4n) is 3.02. The van der Waals surface area contributed by atoms with Crippen molar-refractivity contribution in [3.63, 3.8) is 0 Å². The molecule has 9 nitrogen and oxygen atoms in total. The Bertz CT molecular complexity index is 692. The van der Waals surface area contributed by atoms with Crippen molar-refractivity contribution in [3.05, 3.63) is 35.9 Å². The minimum Gasteiger partial charge on any atom is -0.479 e. The molecule has 0 heterocycles. The number of carboxylic acid groups (broad SMARTS) is 2. The van der Waals surface area contributed by atoms with Crippen molar-refractivity contribution in [1.29, 1.82) is 0 Å². The summed E-state index contributed by atoms with van der Waals surface area (Å²) in [6, 6.07) is 7.04. The molecule has 142 valence electrons. The van der Waals surface area contributed by atoms with E-state index in [9.17, 15) is 29.7 Å². The molecule has 1 fully saturated rings. The Morgan fingerprint density at radius 2 is 1.77 bits per heavy atom. The van der Waals surface area contributed by atoms with Crippen LogP contribution in [0.1, 0.15) is 36.0 Å². The van der Waals surface area contributed by atoms with Crippen LogP contribution in [-0.2, 0) is 14.3 Å². The number of benzene rings is 1. The van der Waals surface area contributed by atoms with Gasteiger partial charge in [-0.15, -0.1) is 0 Å². The van der Waals surface area contributed by atoms with E-state index >= 15 is 0 Å². The molecule has 2 rings (SSSR count). The van der Waals surface area contributed by atoms with E-state index in [2.05, 4.69) is 0 Å². The number of aliphatic carboxylic acids is 2. The van der Waals surface area contributed by atoms with Crippen LogP contribution >= 0.6 is 0 Å². The number of ether oxygens (including phenoxy) is 1. The number of ketones is 1. The number of carbonyl (C=O) groups is 3. The molecular weight excluding hydrogens is 344 g/mol. The lowest BCUT2D eigenvalue weighted by molar-refractivity contribution is -0.193. The first-order chi connectivity index (χ1) is 12.1. The Hall–Kier alpha value is -2.33. The van der Waals surface area contributed by atoms with E-state index in [4.69, 9.17) is 16.2 Å². The molecule has 0 spiro atoms. The lowest BCUT2D eigenvalue weighted by Gasteiger charge is -2.40. The molecule has 0 aromatic heterocycles. The third-order valence-corrected chi connectivity index (χ3v) is 4.54. The topological polar surface area (TPSA) is 173 Å². The number of nitrogens with two attached hydrogens (primary N) is 2.